The van der Waals surface area contributed by atoms with Crippen molar-refractivity contribution < 1.29 is 0 Å². The molecule has 1 aromatic carbocycles. The second-order valence-corrected chi connectivity index (χ2v) is 5.92. The monoisotopic (exact) mass is 284 g/mol. The normalized spacial score (nSPS) is 23.3. The van der Waals surface area contributed by atoms with E-state index in [0.717, 1.165) is 32.6 Å². The number of aromatic nitrogens is 2. The maximum absolute atomic E-state index is 4.30. The number of hydrogen-bond donors (Lipinski definition) is 1. The highest BCUT2D eigenvalue weighted by atomic mass is 15.3. The van der Waals surface area contributed by atoms with Crippen LogP contribution in [0.2, 0.25) is 0 Å². The molecule has 1 N–H and O–H groups in total. The molecule has 2 unspecified atom stereocenters. The van der Waals surface area contributed by atoms with Crippen molar-refractivity contribution in [3.63, 3.8) is 0 Å². The van der Waals surface area contributed by atoms with Crippen LogP contribution in [0.15, 0.2) is 48.8 Å². The molecule has 0 radical (unpaired) electrons. The first-order chi connectivity index (χ1) is 10.3. The van der Waals surface area contributed by atoms with Crippen molar-refractivity contribution >= 4 is 0 Å². The van der Waals surface area contributed by atoms with Gasteiger partial charge in [0.1, 0.15) is 0 Å². The van der Waals surface area contributed by atoms with E-state index in [-0.39, 0.29) is 0 Å². The first kappa shape index (κ1) is 14.3. The van der Waals surface area contributed by atoms with Gasteiger partial charge in [0.05, 0.1) is 6.54 Å². The maximum atomic E-state index is 4.30. The molecule has 2 aromatic rings. The minimum absolute atomic E-state index is 0.564. The maximum Gasteiger partial charge on any atom is 0.0536 e. The molecular weight excluding hydrogens is 260 g/mol. The molecule has 4 heteroatoms. The van der Waals surface area contributed by atoms with Gasteiger partial charge in [-0.15, -0.1) is 0 Å². The van der Waals surface area contributed by atoms with Gasteiger partial charge < -0.3 is 5.32 Å². The number of nitrogens with one attached hydrogen (secondary N) is 1. The molecular formula is C17H24N4. The zero-order chi connectivity index (χ0) is 14.5. The van der Waals surface area contributed by atoms with E-state index >= 15 is 0 Å². The van der Waals surface area contributed by atoms with Crippen LogP contribution in [0, 0.1) is 0 Å². The van der Waals surface area contributed by atoms with Gasteiger partial charge in [0.15, 0.2) is 0 Å². The summed E-state index contributed by atoms with van der Waals surface area (Å²) in [5.41, 5.74) is 1.42. The van der Waals surface area contributed by atoms with Gasteiger partial charge in [-0.1, -0.05) is 30.3 Å². The lowest BCUT2D eigenvalue weighted by Gasteiger charge is -2.39. The summed E-state index contributed by atoms with van der Waals surface area (Å²) >= 11 is 0. The van der Waals surface area contributed by atoms with Gasteiger partial charge in [0.2, 0.25) is 0 Å². The fourth-order valence-electron chi connectivity index (χ4n) is 3.06. The summed E-state index contributed by atoms with van der Waals surface area (Å²) in [6.07, 6.45) is 5.00. The van der Waals surface area contributed by atoms with Gasteiger partial charge in [-0.3, -0.25) is 9.58 Å². The summed E-state index contributed by atoms with van der Waals surface area (Å²) in [6, 6.07) is 13.9. The molecule has 1 aromatic heterocycles. The topological polar surface area (TPSA) is 33.1 Å². The van der Waals surface area contributed by atoms with Gasteiger partial charge in [-0.2, -0.15) is 5.10 Å². The van der Waals surface area contributed by atoms with E-state index in [1.165, 1.54) is 5.56 Å². The molecule has 0 amide bonds. The van der Waals surface area contributed by atoms with Crippen molar-refractivity contribution in [2.45, 2.75) is 32.0 Å². The molecule has 0 aliphatic carbocycles. The van der Waals surface area contributed by atoms with E-state index in [9.17, 15) is 0 Å². The fraction of sp³-hybridized carbons (Fsp3) is 0.471. The number of hydrogen-bond acceptors (Lipinski definition) is 3. The van der Waals surface area contributed by atoms with Crippen molar-refractivity contribution in [1.29, 1.82) is 0 Å². The summed E-state index contributed by atoms with van der Waals surface area (Å²) in [7, 11) is 0. The van der Waals surface area contributed by atoms with Gasteiger partial charge in [0.25, 0.3) is 0 Å². The molecule has 2 heterocycles. The first-order valence-corrected chi connectivity index (χ1v) is 7.80. The Morgan fingerprint density at radius 1 is 1.19 bits per heavy atom. The van der Waals surface area contributed by atoms with E-state index in [0.29, 0.717) is 12.1 Å². The lowest BCUT2D eigenvalue weighted by atomic mass is 10.0. The van der Waals surface area contributed by atoms with E-state index < -0.39 is 0 Å². The van der Waals surface area contributed by atoms with Crippen LogP contribution < -0.4 is 5.32 Å². The lowest BCUT2D eigenvalue weighted by molar-refractivity contribution is 0.128. The summed E-state index contributed by atoms with van der Waals surface area (Å²) in [6.45, 7) is 6.46. The highest BCUT2D eigenvalue weighted by Crippen LogP contribution is 2.13. The smallest absolute Gasteiger partial charge is 0.0536 e. The summed E-state index contributed by atoms with van der Waals surface area (Å²) in [5.74, 6) is 0. The first-order valence-electron chi connectivity index (χ1n) is 7.80. The van der Waals surface area contributed by atoms with Crippen molar-refractivity contribution in [2.75, 3.05) is 19.6 Å². The van der Waals surface area contributed by atoms with E-state index in [2.05, 4.69) is 52.6 Å². The predicted molar refractivity (Wildman–Crippen MR) is 85.2 cm³/mol. The van der Waals surface area contributed by atoms with Crippen molar-refractivity contribution in [3.8, 4) is 0 Å². The van der Waals surface area contributed by atoms with Crippen LogP contribution in [-0.4, -0.2) is 46.4 Å². The zero-order valence-electron chi connectivity index (χ0n) is 12.7. The minimum atomic E-state index is 0.564. The van der Waals surface area contributed by atoms with Crippen molar-refractivity contribution in [2.24, 2.45) is 0 Å². The van der Waals surface area contributed by atoms with Gasteiger partial charge >= 0.3 is 0 Å². The summed E-state index contributed by atoms with van der Waals surface area (Å²) in [4.78, 5) is 2.61. The average molecular weight is 284 g/mol. The van der Waals surface area contributed by atoms with Crippen LogP contribution in [0.3, 0.4) is 0 Å². The largest absolute Gasteiger partial charge is 0.311 e. The van der Waals surface area contributed by atoms with Crippen LogP contribution in [0.25, 0.3) is 0 Å². The number of benzene rings is 1. The average Bonchev–Trinajstić information content (AvgIpc) is 3.02. The highest BCUT2D eigenvalue weighted by Gasteiger charge is 2.25. The van der Waals surface area contributed by atoms with Crippen LogP contribution in [-0.2, 0) is 13.0 Å². The predicted octanol–water partition coefficient (Wildman–Crippen LogP) is 1.79. The quantitative estimate of drug-likeness (QED) is 0.908. The molecule has 1 saturated heterocycles. The Bertz CT molecular complexity index is 523. The van der Waals surface area contributed by atoms with E-state index in [4.69, 9.17) is 0 Å². The summed E-state index contributed by atoms with van der Waals surface area (Å²) < 4.78 is 2.02. The molecule has 21 heavy (non-hydrogen) atoms. The molecule has 0 saturated carbocycles. The van der Waals surface area contributed by atoms with Crippen molar-refractivity contribution in [3.05, 3.63) is 54.4 Å². The standard InChI is InChI=1S/C17H24N4/c1-15-14-20(10-11-21-9-5-8-19-21)17(13-18-15)12-16-6-3-2-4-7-16/h2-9,15,17-18H,10-14H2,1H3. The van der Waals surface area contributed by atoms with Crippen LogP contribution >= 0.6 is 0 Å². The Hall–Kier alpha value is -1.65. The Balaban J connectivity index is 1.62. The van der Waals surface area contributed by atoms with E-state index in [1.54, 1.807) is 0 Å². The Morgan fingerprint density at radius 3 is 2.81 bits per heavy atom. The molecule has 3 rings (SSSR count). The number of rotatable bonds is 5. The lowest BCUT2D eigenvalue weighted by Crippen LogP contribution is -2.56. The Morgan fingerprint density at radius 2 is 2.05 bits per heavy atom. The molecule has 2 atom stereocenters. The second-order valence-electron chi connectivity index (χ2n) is 5.92. The van der Waals surface area contributed by atoms with Crippen LogP contribution in [0.4, 0.5) is 0 Å². The van der Waals surface area contributed by atoms with Crippen LogP contribution in [0.5, 0.6) is 0 Å². The Kier molecular flexibility index (Phi) is 4.68. The zero-order valence-corrected chi connectivity index (χ0v) is 12.7. The van der Waals surface area contributed by atoms with Crippen LogP contribution in [0.1, 0.15) is 12.5 Å². The van der Waals surface area contributed by atoms with Crippen molar-refractivity contribution in [1.82, 2.24) is 20.0 Å². The van der Waals surface area contributed by atoms with Gasteiger partial charge in [-0.05, 0) is 25.0 Å². The Labute approximate surface area is 126 Å². The fourth-order valence-corrected chi connectivity index (χ4v) is 3.06. The second kappa shape index (κ2) is 6.87. The summed E-state index contributed by atoms with van der Waals surface area (Å²) in [5, 5.41) is 7.91. The van der Waals surface area contributed by atoms with E-state index in [1.807, 2.05) is 23.1 Å². The molecule has 1 aliphatic heterocycles. The molecule has 112 valence electrons. The number of nitrogens with zero attached hydrogens (tertiary/aromatic N) is 3. The SMILES string of the molecule is CC1CN(CCn2cccn2)C(Cc2ccccc2)CN1. The molecule has 1 aliphatic rings. The molecule has 0 spiro atoms. The third kappa shape index (κ3) is 3.93. The minimum Gasteiger partial charge on any atom is -0.311 e. The van der Waals surface area contributed by atoms with Gasteiger partial charge in [0, 0.05) is 44.1 Å². The molecule has 1 fully saturated rings. The molecule has 4 nitrogen and oxygen atoms in total. The number of piperazine rings is 1. The van der Waals surface area contributed by atoms with Gasteiger partial charge in [-0.25, -0.2) is 0 Å². The third-order valence-corrected chi connectivity index (χ3v) is 4.22. The third-order valence-electron chi connectivity index (χ3n) is 4.22. The highest BCUT2D eigenvalue weighted by molar-refractivity contribution is 5.16. The molecule has 0 bridgehead atoms.